The van der Waals surface area contributed by atoms with Gasteiger partial charge in [-0.25, -0.2) is 4.79 Å². The van der Waals surface area contributed by atoms with E-state index in [9.17, 15) is 4.79 Å². The number of hydrogen-bond donors (Lipinski definition) is 2. The number of anilines is 2. The van der Waals surface area contributed by atoms with E-state index in [-0.39, 0.29) is 0 Å². The van der Waals surface area contributed by atoms with Crippen molar-refractivity contribution >= 4 is 17.3 Å². The van der Waals surface area contributed by atoms with Crippen LogP contribution in [-0.2, 0) is 9.47 Å². The summed E-state index contributed by atoms with van der Waals surface area (Å²) in [5.41, 5.74) is 7.43. The lowest BCUT2D eigenvalue weighted by Crippen LogP contribution is -2.21. The average Bonchev–Trinajstić information content (AvgIpc) is 2.53. The fourth-order valence-corrected chi connectivity index (χ4v) is 2.64. The van der Waals surface area contributed by atoms with Crippen LogP contribution in [0, 0.1) is 0 Å². The first-order valence-electron chi connectivity index (χ1n) is 7.54. The standard InChI is InChI=1S/C16H24N2O3/c1-20-16(19)14-11-12(17)7-8-15(14)18-9-10-21-13-5-3-2-4-6-13/h7-8,11,13,18H,2-6,9-10,17H2,1H3. The fourth-order valence-electron chi connectivity index (χ4n) is 2.64. The molecule has 0 bridgehead atoms. The van der Waals surface area contributed by atoms with Gasteiger partial charge in [-0.2, -0.15) is 0 Å². The molecule has 1 fully saturated rings. The summed E-state index contributed by atoms with van der Waals surface area (Å²) in [6.45, 7) is 1.29. The van der Waals surface area contributed by atoms with Crippen LogP contribution in [0.25, 0.3) is 0 Å². The number of nitrogens with two attached hydrogens (primary N) is 1. The van der Waals surface area contributed by atoms with E-state index in [0.29, 0.717) is 30.5 Å². The number of carbonyl (C=O) groups excluding carboxylic acids is 1. The predicted molar refractivity (Wildman–Crippen MR) is 83.5 cm³/mol. The number of hydrogen-bond acceptors (Lipinski definition) is 5. The molecule has 0 amide bonds. The van der Waals surface area contributed by atoms with Gasteiger partial charge in [0, 0.05) is 17.9 Å². The molecule has 0 atom stereocenters. The number of rotatable bonds is 6. The van der Waals surface area contributed by atoms with Crippen molar-refractivity contribution < 1.29 is 14.3 Å². The molecule has 1 aliphatic carbocycles. The zero-order valence-corrected chi connectivity index (χ0v) is 12.6. The summed E-state index contributed by atoms with van der Waals surface area (Å²) in [4.78, 5) is 11.7. The van der Waals surface area contributed by atoms with E-state index in [4.69, 9.17) is 15.2 Å². The van der Waals surface area contributed by atoms with Crippen LogP contribution in [0.4, 0.5) is 11.4 Å². The van der Waals surface area contributed by atoms with Crippen LogP contribution < -0.4 is 11.1 Å². The Bertz CT molecular complexity index is 471. The molecular formula is C16H24N2O3. The van der Waals surface area contributed by atoms with Crippen LogP contribution >= 0.6 is 0 Å². The number of nitrogen functional groups attached to an aromatic ring is 1. The smallest absolute Gasteiger partial charge is 0.340 e. The van der Waals surface area contributed by atoms with Gasteiger partial charge in [0.25, 0.3) is 0 Å². The van der Waals surface area contributed by atoms with Gasteiger partial charge in [0.1, 0.15) is 0 Å². The van der Waals surface area contributed by atoms with Gasteiger partial charge in [-0.1, -0.05) is 19.3 Å². The van der Waals surface area contributed by atoms with Crippen molar-refractivity contribution in [2.75, 3.05) is 31.3 Å². The summed E-state index contributed by atoms with van der Waals surface area (Å²) < 4.78 is 10.6. The lowest BCUT2D eigenvalue weighted by Gasteiger charge is -2.22. The minimum absolute atomic E-state index is 0.391. The Morgan fingerprint density at radius 2 is 2.10 bits per heavy atom. The molecule has 5 nitrogen and oxygen atoms in total. The SMILES string of the molecule is COC(=O)c1cc(N)ccc1NCCOC1CCCCC1. The Morgan fingerprint density at radius 3 is 2.81 bits per heavy atom. The van der Waals surface area contributed by atoms with Crippen LogP contribution in [0.2, 0.25) is 0 Å². The second-order valence-corrected chi connectivity index (χ2v) is 5.35. The number of esters is 1. The molecule has 1 aliphatic rings. The molecule has 2 rings (SSSR count). The summed E-state index contributed by atoms with van der Waals surface area (Å²) in [5.74, 6) is -0.391. The van der Waals surface area contributed by atoms with Crippen LogP contribution in [0.3, 0.4) is 0 Å². The largest absolute Gasteiger partial charge is 0.465 e. The van der Waals surface area contributed by atoms with Gasteiger partial charge in [-0.15, -0.1) is 0 Å². The molecule has 3 N–H and O–H groups in total. The highest BCUT2D eigenvalue weighted by molar-refractivity contribution is 5.96. The number of ether oxygens (including phenoxy) is 2. The number of methoxy groups -OCH3 is 1. The third-order valence-electron chi connectivity index (χ3n) is 3.77. The van der Waals surface area contributed by atoms with Gasteiger partial charge in [-0.05, 0) is 31.0 Å². The Balaban J connectivity index is 1.83. The predicted octanol–water partition coefficient (Wildman–Crippen LogP) is 2.82. The molecule has 0 unspecified atom stereocenters. The number of carbonyl (C=O) groups is 1. The summed E-state index contributed by atoms with van der Waals surface area (Å²) in [6, 6.07) is 5.18. The van der Waals surface area contributed by atoms with Gasteiger partial charge in [0.05, 0.1) is 25.4 Å². The quantitative estimate of drug-likeness (QED) is 0.479. The summed E-state index contributed by atoms with van der Waals surface area (Å²) in [5, 5.41) is 3.21. The van der Waals surface area contributed by atoms with Gasteiger partial charge in [0.2, 0.25) is 0 Å². The normalized spacial score (nSPS) is 15.7. The Morgan fingerprint density at radius 1 is 1.33 bits per heavy atom. The van der Waals surface area contributed by atoms with Gasteiger partial charge >= 0.3 is 5.97 Å². The zero-order valence-electron chi connectivity index (χ0n) is 12.6. The molecule has 1 saturated carbocycles. The first kappa shape index (κ1) is 15.6. The maximum atomic E-state index is 11.7. The molecule has 1 aromatic rings. The van der Waals surface area contributed by atoms with Crippen LogP contribution in [0.5, 0.6) is 0 Å². The van der Waals surface area contributed by atoms with Crippen molar-refractivity contribution in [3.05, 3.63) is 23.8 Å². The van der Waals surface area contributed by atoms with Crippen molar-refractivity contribution in [3.8, 4) is 0 Å². The molecule has 0 aliphatic heterocycles. The zero-order chi connectivity index (χ0) is 15.1. The molecule has 0 saturated heterocycles. The Kier molecular flexibility index (Phi) is 5.87. The van der Waals surface area contributed by atoms with E-state index in [1.807, 2.05) is 0 Å². The van der Waals surface area contributed by atoms with Crippen molar-refractivity contribution in [1.82, 2.24) is 0 Å². The summed E-state index contributed by atoms with van der Waals surface area (Å²) in [6.07, 6.45) is 6.58. The van der Waals surface area contributed by atoms with Crippen molar-refractivity contribution in [2.45, 2.75) is 38.2 Å². The molecule has 1 aromatic carbocycles. The van der Waals surface area contributed by atoms with Gasteiger partial charge in [0.15, 0.2) is 0 Å². The number of benzene rings is 1. The third-order valence-corrected chi connectivity index (χ3v) is 3.77. The highest BCUT2D eigenvalue weighted by atomic mass is 16.5. The maximum Gasteiger partial charge on any atom is 0.340 e. The van der Waals surface area contributed by atoms with E-state index in [1.165, 1.54) is 26.4 Å². The minimum Gasteiger partial charge on any atom is -0.465 e. The lowest BCUT2D eigenvalue weighted by molar-refractivity contribution is 0.0347. The van der Waals surface area contributed by atoms with E-state index in [1.54, 1.807) is 18.2 Å². The summed E-state index contributed by atoms with van der Waals surface area (Å²) in [7, 11) is 1.36. The molecule has 0 aromatic heterocycles. The van der Waals surface area contributed by atoms with E-state index < -0.39 is 5.97 Å². The van der Waals surface area contributed by atoms with Crippen LogP contribution in [0.1, 0.15) is 42.5 Å². The Hall–Kier alpha value is -1.75. The molecule has 5 heteroatoms. The highest BCUT2D eigenvalue weighted by Crippen LogP contribution is 2.21. The molecule has 0 spiro atoms. The third kappa shape index (κ3) is 4.63. The molecule has 0 heterocycles. The topological polar surface area (TPSA) is 73.6 Å². The molecular weight excluding hydrogens is 268 g/mol. The first-order chi connectivity index (χ1) is 10.2. The average molecular weight is 292 g/mol. The monoisotopic (exact) mass is 292 g/mol. The summed E-state index contributed by atoms with van der Waals surface area (Å²) >= 11 is 0. The second-order valence-electron chi connectivity index (χ2n) is 5.35. The van der Waals surface area contributed by atoms with Gasteiger partial charge < -0.3 is 20.5 Å². The van der Waals surface area contributed by atoms with Crippen molar-refractivity contribution in [3.63, 3.8) is 0 Å². The molecule has 21 heavy (non-hydrogen) atoms. The maximum absolute atomic E-state index is 11.7. The van der Waals surface area contributed by atoms with E-state index in [0.717, 1.165) is 18.5 Å². The molecule has 116 valence electrons. The second kappa shape index (κ2) is 7.88. The van der Waals surface area contributed by atoms with Crippen molar-refractivity contribution in [1.29, 1.82) is 0 Å². The highest BCUT2D eigenvalue weighted by Gasteiger charge is 2.14. The fraction of sp³-hybridized carbons (Fsp3) is 0.562. The minimum atomic E-state index is -0.391. The first-order valence-corrected chi connectivity index (χ1v) is 7.54. The Labute approximate surface area is 125 Å². The number of nitrogens with one attached hydrogen (secondary N) is 1. The van der Waals surface area contributed by atoms with Crippen LogP contribution in [-0.4, -0.2) is 32.3 Å². The van der Waals surface area contributed by atoms with Crippen LogP contribution in [0.15, 0.2) is 18.2 Å². The van der Waals surface area contributed by atoms with Crippen molar-refractivity contribution in [2.24, 2.45) is 0 Å². The lowest BCUT2D eigenvalue weighted by atomic mass is 9.98. The van der Waals surface area contributed by atoms with E-state index in [2.05, 4.69) is 5.32 Å². The molecule has 0 radical (unpaired) electrons. The van der Waals surface area contributed by atoms with E-state index >= 15 is 0 Å². The van der Waals surface area contributed by atoms with Gasteiger partial charge in [-0.3, -0.25) is 0 Å².